The molecule has 0 N–H and O–H groups in total. The highest BCUT2D eigenvalue weighted by Crippen LogP contribution is 2.64. The molecule has 0 radical (unpaired) electrons. The van der Waals surface area contributed by atoms with E-state index >= 15 is 0 Å². The molecule has 0 spiro atoms. The molecule has 0 bridgehead atoms. The lowest BCUT2D eigenvalue weighted by molar-refractivity contribution is -0.385. The minimum absolute atomic E-state index is 0.0967. The van der Waals surface area contributed by atoms with Gasteiger partial charge in [0.15, 0.2) is 6.10 Å². The number of nitrogens with zero attached hydrogens (tertiary/aromatic N) is 4. The van der Waals surface area contributed by atoms with Gasteiger partial charge in [-0.3, -0.25) is 24.2 Å². The van der Waals surface area contributed by atoms with E-state index in [1.54, 1.807) is 6.07 Å². The fraction of sp³-hybridized carbons (Fsp3) is 0.292. The van der Waals surface area contributed by atoms with Gasteiger partial charge in [-0.25, -0.2) is 9.34 Å². The summed E-state index contributed by atoms with van der Waals surface area (Å²) in [5, 5.41) is 11.6. The topological polar surface area (TPSA) is 97.6 Å². The van der Waals surface area contributed by atoms with Crippen LogP contribution in [-0.4, -0.2) is 51.6 Å². The van der Waals surface area contributed by atoms with Crippen molar-refractivity contribution in [2.75, 3.05) is 26.2 Å². The van der Waals surface area contributed by atoms with E-state index in [0.717, 1.165) is 29.3 Å². The average molecular weight is 534 g/mol. The number of halogens is 3. The molecule has 0 amide bonds. The van der Waals surface area contributed by atoms with Gasteiger partial charge < -0.3 is 4.74 Å². The Bertz CT molecular complexity index is 1340. The second-order valence-corrected chi connectivity index (χ2v) is 11.1. The molecule has 2 saturated heterocycles. The SMILES string of the molecule is Cc1ccc(-c2ccc(Oc3cc(C(OP(=O)(N4CC4)N4CC4)C(F)(F)F)ccc3[N+](=O)[O-])cn2)cc1. The minimum Gasteiger partial charge on any atom is -0.448 e. The minimum atomic E-state index is -4.92. The van der Waals surface area contributed by atoms with Crippen molar-refractivity contribution in [2.24, 2.45) is 0 Å². The van der Waals surface area contributed by atoms with E-state index in [4.69, 9.17) is 9.26 Å². The number of ether oxygens (including phenoxy) is 1. The normalized spacial score (nSPS) is 16.9. The zero-order chi connectivity index (χ0) is 26.4. The second-order valence-electron chi connectivity index (χ2n) is 8.76. The Labute approximate surface area is 210 Å². The Morgan fingerprint density at radius 3 is 2.19 bits per heavy atom. The molecule has 2 aliphatic heterocycles. The summed E-state index contributed by atoms with van der Waals surface area (Å²) in [4.78, 5) is 15.1. The van der Waals surface area contributed by atoms with Gasteiger partial charge in [0.05, 0.1) is 16.8 Å². The Morgan fingerprint density at radius 2 is 1.68 bits per heavy atom. The number of alkyl halides is 3. The maximum Gasteiger partial charge on any atom is 0.419 e. The van der Waals surface area contributed by atoms with E-state index in [9.17, 15) is 27.9 Å². The molecule has 2 aliphatic rings. The second kappa shape index (κ2) is 9.53. The zero-order valence-electron chi connectivity index (χ0n) is 19.6. The first kappa shape index (κ1) is 25.3. The van der Waals surface area contributed by atoms with E-state index in [-0.39, 0.29) is 5.75 Å². The van der Waals surface area contributed by atoms with Gasteiger partial charge in [0.1, 0.15) is 5.75 Å². The molecule has 2 fully saturated rings. The van der Waals surface area contributed by atoms with Gasteiger partial charge >= 0.3 is 19.5 Å². The van der Waals surface area contributed by atoms with Gasteiger partial charge in [-0.15, -0.1) is 0 Å². The van der Waals surface area contributed by atoms with Crippen molar-refractivity contribution in [1.82, 2.24) is 14.3 Å². The first-order valence-corrected chi connectivity index (χ1v) is 12.9. The molecule has 13 heteroatoms. The van der Waals surface area contributed by atoms with Gasteiger partial charge in [0, 0.05) is 37.8 Å². The predicted molar refractivity (Wildman–Crippen MR) is 128 cm³/mol. The fourth-order valence-corrected chi connectivity index (χ4v) is 6.07. The zero-order valence-corrected chi connectivity index (χ0v) is 20.5. The van der Waals surface area contributed by atoms with Gasteiger partial charge in [0.2, 0.25) is 5.75 Å². The molecule has 3 heterocycles. The van der Waals surface area contributed by atoms with E-state index in [0.29, 0.717) is 31.9 Å². The van der Waals surface area contributed by atoms with Crippen molar-refractivity contribution in [1.29, 1.82) is 0 Å². The Kier molecular flexibility index (Phi) is 6.53. The molecule has 1 aromatic heterocycles. The number of aryl methyl sites for hydroxylation is 1. The van der Waals surface area contributed by atoms with Gasteiger partial charge in [-0.05, 0) is 36.8 Å². The lowest BCUT2D eigenvalue weighted by atomic mass is 10.1. The third kappa shape index (κ3) is 5.52. The molecule has 0 saturated carbocycles. The van der Waals surface area contributed by atoms with E-state index in [1.165, 1.54) is 21.6 Å². The van der Waals surface area contributed by atoms with Crippen LogP contribution < -0.4 is 4.74 Å². The van der Waals surface area contributed by atoms with Crippen molar-refractivity contribution in [3.8, 4) is 22.8 Å². The lowest BCUT2D eigenvalue weighted by Gasteiger charge is -2.28. The Hall–Kier alpha value is -3.31. The molecular formula is C24H22F3N4O5P. The van der Waals surface area contributed by atoms with Crippen molar-refractivity contribution in [2.45, 2.75) is 19.2 Å². The summed E-state index contributed by atoms with van der Waals surface area (Å²) in [6.45, 7) is 3.45. The fourth-order valence-electron chi connectivity index (χ4n) is 3.74. The quantitative estimate of drug-likeness (QED) is 0.140. The summed E-state index contributed by atoms with van der Waals surface area (Å²) in [5.74, 6) is -0.321. The number of nitro groups is 1. The summed E-state index contributed by atoms with van der Waals surface area (Å²) < 4.78 is 69.1. The highest BCUT2D eigenvalue weighted by Gasteiger charge is 2.55. The average Bonchev–Trinajstić information content (AvgIpc) is 3.75. The number of hydrogen-bond donors (Lipinski definition) is 0. The van der Waals surface area contributed by atoms with E-state index in [1.807, 2.05) is 31.2 Å². The standard InChI is InChI=1S/C24H22F3N4O5P/c1-16-2-4-17(5-3-16)20-8-7-19(15-28-20)35-22-14-18(6-9-21(22)31(32)33)23(24(25,26)27)36-37(34,29-10-11-29)30-12-13-30/h2-9,14-15,23H,10-13H2,1H3. The monoisotopic (exact) mass is 534 g/mol. The molecule has 194 valence electrons. The van der Waals surface area contributed by atoms with Crippen LogP contribution >= 0.6 is 7.67 Å². The number of hydrogen-bond acceptors (Lipinski definition) is 6. The molecule has 1 unspecified atom stereocenters. The molecule has 2 aromatic carbocycles. The number of benzene rings is 2. The number of pyridine rings is 1. The molecule has 3 aromatic rings. The summed E-state index contributed by atoms with van der Waals surface area (Å²) >= 11 is 0. The van der Waals surface area contributed by atoms with Crippen molar-refractivity contribution in [3.63, 3.8) is 0 Å². The third-order valence-electron chi connectivity index (χ3n) is 5.90. The summed E-state index contributed by atoms with van der Waals surface area (Å²) in [5.41, 5.74) is 1.56. The highest BCUT2D eigenvalue weighted by atomic mass is 31.2. The maximum absolute atomic E-state index is 14.1. The molecule has 37 heavy (non-hydrogen) atoms. The van der Waals surface area contributed by atoms with Crippen molar-refractivity contribution >= 4 is 13.4 Å². The van der Waals surface area contributed by atoms with Crippen LogP contribution in [0, 0.1) is 17.0 Å². The van der Waals surface area contributed by atoms with Crippen LogP contribution in [0.5, 0.6) is 11.5 Å². The molecule has 0 aliphatic carbocycles. The molecule has 9 nitrogen and oxygen atoms in total. The van der Waals surface area contributed by atoms with E-state index in [2.05, 4.69) is 4.98 Å². The number of rotatable bonds is 9. The van der Waals surface area contributed by atoms with Crippen LogP contribution in [0.15, 0.2) is 60.8 Å². The summed E-state index contributed by atoms with van der Waals surface area (Å²) in [6, 6.07) is 13.5. The van der Waals surface area contributed by atoms with Gasteiger partial charge in [0.25, 0.3) is 0 Å². The molecule has 5 rings (SSSR count). The summed E-state index contributed by atoms with van der Waals surface area (Å²) in [6.07, 6.45) is -6.16. The van der Waals surface area contributed by atoms with Gasteiger partial charge in [-0.1, -0.05) is 29.8 Å². The summed E-state index contributed by atoms with van der Waals surface area (Å²) in [7, 11) is -3.85. The van der Waals surface area contributed by atoms with Crippen LogP contribution in [0.3, 0.4) is 0 Å². The predicted octanol–water partition coefficient (Wildman–Crippen LogP) is 6.12. The van der Waals surface area contributed by atoms with Crippen LogP contribution in [0.4, 0.5) is 18.9 Å². The van der Waals surface area contributed by atoms with Crippen LogP contribution in [0.2, 0.25) is 0 Å². The first-order valence-electron chi connectivity index (χ1n) is 11.4. The third-order valence-corrected chi connectivity index (χ3v) is 8.61. The lowest BCUT2D eigenvalue weighted by Crippen LogP contribution is -2.25. The van der Waals surface area contributed by atoms with Crippen LogP contribution in [0.1, 0.15) is 17.2 Å². The van der Waals surface area contributed by atoms with Crippen molar-refractivity contribution < 1.29 is 31.9 Å². The number of nitro benzene ring substituents is 1. The molecule has 1 atom stereocenters. The Balaban J connectivity index is 1.44. The molecular weight excluding hydrogens is 512 g/mol. The maximum atomic E-state index is 14.1. The van der Waals surface area contributed by atoms with E-state index < -0.39 is 41.9 Å². The van der Waals surface area contributed by atoms with Crippen LogP contribution in [0.25, 0.3) is 11.3 Å². The van der Waals surface area contributed by atoms with Crippen molar-refractivity contribution in [3.05, 3.63) is 82.0 Å². The highest BCUT2D eigenvalue weighted by molar-refractivity contribution is 7.54. The van der Waals surface area contributed by atoms with Gasteiger partial charge in [-0.2, -0.15) is 13.2 Å². The first-order chi connectivity index (χ1) is 17.5. The Morgan fingerprint density at radius 1 is 1.03 bits per heavy atom. The van der Waals surface area contributed by atoms with Crippen LogP contribution in [-0.2, 0) is 9.09 Å². The smallest absolute Gasteiger partial charge is 0.419 e. The largest absolute Gasteiger partial charge is 0.448 e. The number of aromatic nitrogens is 1.